The SMILES string of the molecule is COc1ccc(OCCNC(=O)C2CC(=O)N(CCN(C)C)C2)cc1. The molecule has 1 atom stereocenters. The van der Waals surface area contributed by atoms with Crippen molar-refractivity contribution in [3.8, 4) is 11.5 Å². The van der Waals surface area contributed by atoms with E-state index in [4.69, 9.17) is 9.47 Å². The Kier molecular flexibility index (Phi) is 7.06. The molecule has 0 bridgehead atoms. The lowest BCUT2D eigenvalue weighted by atomic mass is 10.1. The molecule has 138 valence electrons. The van der Waals surface area contributed by atoms with Gasteiger partial charge in [-0.05, 0) is 38.4 Å². The van der Waals surface area contributed by atoms with Crippen LogP contribution in [0.25, 0.3) is 0 Å². The van der Waals surface area contributed by atoms with Crippen LogP contribution in [-0.2, 0) is 9.59 Å². The monoisotopic (exact) mass is 349 g/mol. The molecule has 1 aliphatic rings. The van der Waals surface area contributed by atoms with Crippen LogP contribution >= 0.6 is 0 Å². The van der Waals surface area contributed by atoms with E-state index >= 15 is 0 Å². The number of nitrogens with one attached hydrogen (secondary N) is 1. The van der Waals surface area contributed by atoms with Gasteiger partial charge in [-0.2, -0.15) is 0 Å². The van der Waals surface area contributed by atoms with Crippen molar-refractivity contribution < 1.29 is 19.1 Å². The molecule has 7 nitrogen and oxygen atoms in total. The molecule has 0 aromatic heterocycles. The Labute approximate surface area is 148 Å². The molecule has 0 saturated carbocycles. The molecule has 1 aliphatic heterocycles. The van der Waals surface area contributed by atoms with Crippen molar-refractivity contribution in [2.24, 2.45) is 5.92 Å². The summed E-state index contributed by atoms with van der Waals surface area (Å²) in [5, 5.41) is 2.85. The van der Waals surface area contributed by atoms with Gasteiger partial charge in [-0.3, -0.25) is 9.59 Å². The summed E-state index contributed by atoms with van der Waals surface area (Å²) >= 11 is 0. The van der Waals surface area contributed by atoms with E-state index in [1.54, 1.807) is 12.0 Å². The fourth-order valence-corrected chi connectivity index (χ4v) is 2.64. The smallest absolute Gasteiger partial charge is 0.225 e. The van der Waals surface area contributed by atoms with Gasteiger partial charge >= 0.3 is 0 Å². The highest BCUT2D eigenvalue weighted by molar-refractivity contribution is 5.89. The van der Waals surface area contributed by atoms with E-state index in [1.807, 2.05) is 43.3 Å². The Morgan fingerprint density at radius 3 is 2.60 bits per heavy atom. The van der Waals surface area contributed by atoms with Gasteiger partial charge in [-0.25, -0.2) is 0 Å². The number of carbonyl (C=O) groups is 2. The van der Waals surface area contributed by atoms with Gasteiger partial charge in [-0.1, -0.05) is 0 Å². The maximum atomic E-state index is 12.2. The van der Waals surface area contributed by atoms with Gasteiger partial charge < -0.3 is 24.6 Å². The molecular weight excluding hydrogens is 322 g/mol. The van der Waals surface area contributed by atoms with Crippen molar-refractivity contribution >= 4 is 11.8 Å². The second-order valence-corrected chi connectivity index (χ2v) is 6.36. The van der Waals surface area contributed by atoms with Gasteiger partial charge in [0, 0.05) is 26.1 Å². The van der Waals surface area contributed by atoms with E-state index in [2.05, 4.69) is 5.32 Å². The Morgan fingerprint density at radius 2 is 1.96 bits per heavy atom. The number of likely N-dealkylation sites (N-methyl/N-ethyl adjacent to an activating group) is 1. The van der Waals surface area contributed by atoms with Gasteiger partial charge in [-0.15, -0.1) is 0 Å². The third-order valence-electron chi connectivity index (χ3n) is 4.13. The van der Waals surface area contributed by atoms with E-state index in [9.17, 15) is 9.59 Å². The van der Waals surface area contributed by atoms with Gasteiger partial charge in [0.2, 0.25) is 11.8 Å². The number of likely N-dealkylation sites (tertiary alicyclic amines) is 1. The maximum absolute atomic E-state index is 12.2. The first-order chi connectivity index (χ1) is 12.0. The van der Waals surface area contributed by atoms with Crippen molar-refractivity contribution in [2.45, 2.75) is 6.42 Å². The summed E-state index contributed by atoms with van der Waals surface area (Å²) < 4.78 is 10.7. The highest BCUT2D eigenvalue weighted by Crippen LogP contribution is 2.18. The summed E-state index contributed by atoms with van der Waals surface area (Å²) in [6.07, 6.45) is 0.290. The Bertz CT molecular complexity index is 574. The minimum Gasteiger partial charge on any atom is -0.497 e. The quantitative estimate of drug-likeness (QED) is 0.661. The van der Waals surface area contributed by atoms with Crippen molar-refractivity contribution in [1.29, 1.82) is 0 Å². The van der Waals surface area contributed by atoms with Gasteiger partial charge in [0.1, 0.15) is 18.1 Å². The van der Waals surface area contributed by atoms with Crippen LogP contribution in [0.5, 0.6) is 11.5 Å². The minimum absolute atomic E-state index is 0.0523. The molecule has 1 heterocycles. The average Bonchev–Trinajstić information content (AvgIpc) is 2.98. The number of rotatable bonds is 9. The van der Waals surface area contributed by atoms with E-state index < -0.39 is 0 Å². The van der Waals surface area contributed by atoms with Crippen LogP contribution in [0.1, 0.15) is 6.42 Å². The zero-order chi connectivity index (χ0) is 18.2. The lowest BCUT2D eigenvalue weighted by molar-refractivity contribution is -0.129. The molecule has 0 spiro atoms. The Morgan fingerprint density at radius 1 is 1.28 bits per heavy atom. The summed E-state index contributed by atoms with van der Waals surface area (Å²) in [6, 6.07) is 7.28. The lowest BCUT2D eigenvalue weighted by Gasteiger charge is -2.19. The molecule has 1 N–H and O–H groups in total. The summed E-state index contributed by atoms with van der Waals surface area (Å²) in [4.78, 5) is 27.9. The van der Waals surface area contributed by atoms with Crippen LogP contribution in [0.3, 0.4) is 0 Å². The summed E-state index contributed by atoms with van der Waals surface area (Å²) in [5.41, 5.74) is 0. The van der Waals surface area contributed by atoms with Crippen molar-refractivity contribution in [2.75, 3.05) is 54.0 Å². The molecule has 2 amide bonds. The number of nitrogens with zero attached hydrogens (tertiary/aromatic N) is 2. The molecule has 0 aliphatic carbocycles. The molecule has 1 unspecified atom stereocenters. The largest absolute Gasteiger partial charge is 0.497 e. The Balaban J connectivity index is 1.67. The molecule has 2 rings (SSSR count). The first-order valence-electron chi connectivity index (χ1n) is 8.46. The number of carbonyl (C=O) groups excluding carboxylic acids is 2. The van der Waals surface area contributed by atoms with Crippen LogP contribution in [0.15, 0.2) is 24.3 Å². The third-order valence-corrected chi connectivity index (χ3v) is 4.13. The zero-order valence-electron chi connectivity index (χ0n) is 15.2. The summed E-state index contributed by atoms with van der Waals surface area (Å²) in [5.74, 6) is 1.19. The van der Waals surface area contributed by atoms with Crippen LogP contribution < -0.4 is 14.8 Å². The lowest BCUT2D eigenvalue weighted by Crippen LogP contribution is -2.36. The highest BCUT2D eigenvalue weighted by atomic mass is 16.5. The number of amides is 2. The molecule has 1 fully saturated rings. The zero-order valence-corrected chi connectivity index (χ0v) is 15.2. The van der Waals surface area contributed by atoms with E-state index in [0.717, 1.165) is 18.0 Å². The maximum Gasteiger partial charge on any atom is 0.225 e. The van der Waals surface area contributed by atoms with Crippen LogP contribution in [0, 0.1) is 5.92 Å². The third kappa shape index (κ3) is 5.94. The van der Waals surface area contributed by atoms with Crippen LogP contribution in [0.4, 0.5) is 0 Å². The fraction of sp³-hybridized carbons (Fsp3) is 0.556. The molecule has 1 aromatic rings. The van der Waals surface area contributed by atoms with Gasteiger partial charge in [0.05, 0.1) is 19.6 Å². The molecule has 1 aromatic carbocycles. The van der Waals surface area contributed by atoms with E-state index in [1.165, 1.54) is 0 Å². The van der Waals surface area contributed by atoms with Crippen LogP contribution in [-0.4, -0.2) is 75.6 Å². The van der Waals surface area contributed by atoms with Crippen molar-refractivity contribution in [3.63, 3.8) is 0 Å². The van der Waals surface area contributed by atoms with Gasteiger partial charge in [0.15, 0.2) is 0 Å². The molecule has 0 radical (unpaired) electrons. The Hall–Kier alpha value is -2.28. The van der Waals surface area contributed by atoms with Gasteiger partial charge in [0.25, 0.3) is 0 Å². The fourth-order valence-electron chi connectivity index (χ4n) is 2.64. The standard InChI is InChI=1S/C18H27N3O4/c1-20(2)9-10-21-13-14(12-17(21)22)18(23)19-8-11-25-16-6-4-15(24-3)5-7-16/h4-7,14H,8-13H2,1-3H3,(H,19,23). The molecule has 1 saturated heterocycles. The average molecular weight is 349 g/mol. The second kappa shape index (κ2) is 9.27. The summed E-state index contributed by atoms with van der Waals surface area (Å²) in [6.45, 7) is 2.75. The predicted molar refractivity (Wildman–Crippen MR) is 94.7 cm³/mol. The first kappa shape index (κ1) is 19.1. The first-order valence-corrected chi connectivity index (χ1v) is 8.46. The van der Waals surface area contributed by atoms with Crippen molar-refractivity contribution in [1.82, 2.24) is 15.1 Å². The van der Waals surface area contributed by atoms with Crippen LogP contribution in [0.2, 0.25) is 0 Å². The van der Waals surface area contributed by atoms with Crippen molar-refractivity contribution in [3.05, 3.63) is 24.3 Å². The normalized spacial score (nSPS) is 17.0. The highest BCUT2D eigenvalue weighted by Gasteiger charge is 2.33. The number of benzene rings is 1. The molecule has 25 heavy (non-hydrogen) atoms. The topological polar surface area (TPSA) is 71.1 Å². The minimum atomic E-state index is -0.268. The number of hydrogen-bond donors (Lipinski definition) is 1. The van der Waals surface area contributed by atoms with E-state index in [-0.39, 0.29) is 17.7 Å². The predicted octanol–water partition coefficient (Wildman–Crippen LogP) is 0.600. The number of ether oxygens (including phenoxy) is 2. The number of hydrogen-bond acceptors (Lipinski definition) is 5. The second-order valence-electron chi connectivity index (χ2n) is 6.36. The summed E-state index contributed by atoms with van der Waals surface area (Å²) in [7, 11) is 5.54. The number of methoxy groups -OCH3 is 1. The molecule has 7 heteroatoms. The van der Waals surface area contributed by atoms with E-state index in [0.29, 0.717) is 32.7 Å². The molecular formula is C18H27N3O4.